The number of hydrogen-bond donors (Lipinski definition) is 1. The third-order valence-electron chi connectivity index (χ3n) is 2.07. The summed E-state index contributed by atoms with van der Waals surface area (Å²) in [4.78, 5) is 19.7. The molecular formula is C11H11N3OS. The summed E-state index contributed by atoms with van der Waals surface area (Å²) in [5, 5.41) is 6.50. The van der Waals surface area contributed by atoms with Crippen LogP contribution in [0.5, 0.6) is 0 Å². The van der Waals surface area contributed by atoms with E-state index in [1.807, 2.05) is 23.8 Å². The minimum absolute atomic E-state index is 0.0717. The van der Waals surface area contributed by atoms with E-state index in [-0.39, 0.29) is 5.91 Å². The number of amides is 1. The lowest BCUT2D eigenvalue weighted by molar-refractivity contribution is 0.0951. The Kier molecular flexibility index (Phi) is 3.26. The second-order valence-corrected chi connectivity index (χ2v) is 4.13. The number of thiophene rings is 1. The molecule has 0 aromatic carbocycles. The van der Waals surface area contributed by atoms with Gasteiger partial charge in [0.05, 0.1) is 12.2 Å². The molecule has 0 saturated carbocycles. The molecule has 1 N–H and O–H groups in total. The predicted octanol–water partition coefficient (Wildman–Crippen LogP) is 1.78. The quantitative estimate of drug-likeness (QED) is 0.879. The number of nitrogens with zero attached hydrogens (tertiary/aromatic N) is 2. The maximum Gasteiger partial charge on any atom is 0.252 e. The molecule has 1 amide bonds. The van der Waals surface area contributed by atoms with Gasteiger partial charge in [-0.05, 0) is 24.4 Å². The first-order chi connectivity index (χ1) is 7.75. The third-order valence-corrected chi connectivity index (χ3v) is 2.76. The zero-order valence-electron chi connectivity index (χ0n) is 8.80. The molecular weight excluding hydrogens is 222 g/mol. The highest BCUT2D eigenvalue weighted by Gasteiger charge is 2.05. The fourth-order valence-corrected chi connectivity index (χ4v) is 1.91. The number of aromatic nitrogens is 2. The normalized spacial score (nSPS) is 10.1. The van der Waals surface area contributed by atoms with Gasteiger partial charge in [-0.3, -0.25) is 4.79 Å². The van der Waals surface area contributed by atoms with E-state index >= 15 is 0 Å². The molecule has 0 spiro atoms. The molecule has 0 aliphatic rings. The van der Waals surface area contributed by atoms with E-state index in [0.29, 0.717) is 12.1 Å². The van der Waals surface area contributed by atoms with Gasteiger partial charge in [-0.15, -0.1) is 0 Å². The summed E-state index contributed by atoms with van der Waals surface area (Å²) in [5.74, 6) is -0.0717. The molecule has 0 atom stereocenters. The van der Waals surface area contributed by atoms with Gasteiger partial charge in [0.25, 0.3) is 5.91 Å². The number of nitrogens with one attached hydrogen (secondary N) is 1. The lowest BCUT2D eigenvalue weighted by Gasteiger charge is -2.03. The molecule has 4 nitrogen and oxygen atoms in total. The molecule has 0 aliphatic heterocycles. The van der Waals surface area contributed by atoms with Crippen molar-refractivity contribution in [2.24, 2.45) is 0 Å². The molecule has 0 saturated heterocycles. The largest absolute Gasteiger partial charge is 0.346 e. The summed E-state index contributed by atoms with van der Waals surface area (Å²) in [6, 6.07) is 3.65. The van der Waals surface area contributed by atoms with Crippen molar-refractivity contribution in [3.63, 3.8) is 0 Å². The standard InChI is InChI=1S/C11H11N3OS/c1-8-4-10(14-7-13-8)5-12-11(15)9-2-3-16-6-9/h2-4,6-7H,5H2,1H3,(H,12,15). The van der Waals surface area contributed by atoms with Crippen molar-refractivity contribution in [3.05, 3.63) is 46.2 Å². The number of aryl methyl sites for hydroxylation is 1. The highest BCUT2D eigenvalue weighted by Crippen LogP contribution is 2.05. The molecule has 2 aromatic rings. The Morgan fingerprint density at radius 2 is 2.38 bits per heavy atom. The van der Waals surface area contributed by atoms with Gasteiger partial charge in [-0.25, -0.2) is 9.97 Å². The Balaban J connectivity index is 1.95. The topological polar surface area (TPSA) is 54.9 Å². The number of carbonyl (C=O) groups is 1. The lowest BCUT2D eigenvalue weighted by atomic mass is 10.3. The smallest absolute Gasteiger partial charge is 0.252 e. The van der Waals surface area contributed by atoms with Crippen LogP contribution in [0.3, 0.4) is 0 Å². The monoisotopic (exact) mass is 233 g/mol. The Hall–Kier alpha value is -1.75. The SMILES string of the molecule is Cc1cc(CNC(=O)c2ccsc2)ncn1. The van der Waals surface area contributed by atoms with Crippen molar-refractivity contribution in [2.45, 2.75) is 13.5 Å². The molecule has 5 heteroatoms. The van der Waals surface area contributed by atoms with Crippen LogP contribution in [0.2, 0.25) is 0 Å². The molecule has 0 unspecified atom stereocenters. The van der Waals surface area contributed by atoms with Crippen LogP contribution in [-0.4, -0.2) is 15.9 Å². The first kappa shape index (κ1) is 10.8. The Morgan fingerprint density at radius 3 is 3.06 bits per heavy atom. The zero-order valence-corrected chi connectivity index (χ0v) is 9.62. The molecule has 16 heavy (non-hydrogen) atoms. The van der Waals surface area contributed by atoms with E-state index in [9.17, 15) is 4.79 Å². The van der Waals surface area contributed by atoms with Crippen LogP contribution >= 0.6 is 11.3 Å². The summed E-state index contributed by atoms with van der Waals surface area (Å²) < 4.78 is 0. The summed E-state index contributed by atoms with van der Waals surface area (Å²) in [6.45, 7) is 2.32. The molecule has 2 heterocycles. The lowest BCUT2D eigenvalue weighted by Crippen LogP contribution is -2.22. The maximum atomic E-state index is 11.6. The number of rotatable bonds is 3. The van der Waals surface area contributed by atoms with Crippen LogP contribution in [0.15, 0.2) is 29.2 Å². The minimum Gasteiger partial charge on any atom is -0.346 e. The molecule has 0 fully saturated rings. The first-order valence-electron chi connectivity index (χ1n) is 4.83. The van der Waals surface area contributed by atoms with E-state index in [1.165, 1.54) is 17.7 Å². The fourth-order valence-electron chi connectivity index (χ4n) is 1.27. The van der Waals surface area contributed by atoms with Gasteiger partial charge in [0, 0.05) is 16.6 Å². The van der Waals surface area contributed by atoms with E-state index < -0.39 is 0 Å². The predicted molar refractivity (Wildman–Crippen MR) is 62.3 cm³/mol. The van der Waals surface area contributed by atoms with E-state index in [4.69, 9.17) is 0 Å². The second kappa shape index (κ2) is 4.85. The van der Waals surface area contributed by atoms with Crippen molar-refractivity contribution < 1.29 is 4.79 Å². The average molecular weight is 233 g/mol. The fraction of sp³-hybridized carbons (Fsp3) is 0.182. The van der Waals surface area contributed by atoms with Gasteiger partial charge in [-0.1, -0.05) is 0 Å². The first-order valence-corrected chi connectivity index (χ1v) is 5.78. The van der Waals surface area contributed by atoms with Crippen LogP contribution in [0.25, 0.3) is 0 Å². The van der Waals surface area contributed by atoms with Crippen molar-refractivity contribution in [1.29, 1.82) is 0 Å². The molecule has 2 rings (SSSR count). The van der Waals surface area contributed by atoms with Crippen molar-refractivity contribution in [1.82, 2.24) is 15.3 Å². The van der Waals surface area contributed by atoms with Gasteiger partial charge < -0.3 is 5.32 Å². The van der Waals surface area contributed by atoms with Gasteiger partial charge in [0.1, 0.15) is 6.33 Å². The second-order valence-electron chi connectivity index (χ2n) is 3.35. The summed E-state index contributed by atoms with van der Waals surface area (Å²) in [5.41, 5.74) is 2.40. The Labute approximate surface area is 97.4 Å². The highest BCUT2D eigenvalue weighted by atomic mass is 32.1. The third kappa shape index (κ3) is 2.64. The Bertz CT molecular complexity index is 482. The van der Waals surface area contributed by atoms with Crippen molar-refractivity contribution in [3.8, 4) is 0 Å². The Morgan fingerprint density at radius 1 is 1.50 bits per heavy atom. The molecule has 2 aromatic heterocycles. The summed E-state index contributed by atoms with van der Waals surface area (Å²) in [7, 11) is 0. The van der Waals surface area contributed by atoms with Crippen LogP contribution in [0.1, 0.15) is 21.7 Å². The number of hydrogen-bond acceptors (Lipinski definition) is 4. The summed E-state index contributed by atoms with van der Waals surface area (Å²) in [6.07, 6.45) is 1.50. The zero-order chi connectivity index (χ0) is 11.4. The van der Waals surface area contributed by atoms with Crippen molar-refractivity contribution >= 4 is 17.2 Å². The van der Waals surface area contributed by atoms with E-state index in [1.54, 1.807) is 6.07 Å². The molecule has 0 radical (unpaired) electrons. The molecule has 0 aliphatic carbocycles. The van der Waals surface area contributed by atoms with E-state index in [0.717, 1.165) is 11.4 Å². The average Bonchev–Trinajstić information content (AvgIpc) is 2.79. The summed E-state index contributed by atoms with van der Waals surface area (Å²) >= 11 is 1.51. The van der Waals surface area contributed by atoms with Crippen LogP contribution in [0.4, 0.5) is 0 Å². The minimum atomic E-state index is -0.0717. The van der Waals surface area contributed by atoms with Gasteiger partial charge in [0.2, 0.25) is 0 Å². The van der Waals surface area contributed by atoms with Crippen molar-refractivity contribution in [2.75, 3.05) is 0 Å². The van der Waals surface area contributed by atoms with Gasteiger partial charge >= 0.3 is 0 Å². The number of carbonyl (C=O) groups excluding carboxylic acids is 1. The van der Waals surface area contributed by atoms with Crippen LogP contribution in [-0.2, 0) is 6.54 Å². The van der Waals surface area contributed by atoms with Gasteiger partial charge in [0.15, 0.2) is 0 Å². The molecule has 82 valence electrons. The highest BCUT2D eigenvalue weighted by molar-refractivity contribution is 7.08. The van der Waals surface area contributed by atoms with Crippen LogP contribution in [0, 0.1) is 6.92 Å². The van der Waals surface area contributed by atoms with Gasteiger partial charge in [-0.2, -0.15) is 11.3 Å². The molecule has 0 bridgehead atoms. The van der Waals surface area contributed by atoms with Crippen LogP contribution < -0.4 is 5.32 Å². The van der Waals surface area contributed by atoms with E-state index in [2.05, 4.69) is 15.3 Å². The maximum absolute atomic E-state index is 11.6.